The van der Waals surface area contributed by atoms with Crippen molar-refractivity contribution in [1.82, 2.24) is 10.2 Å². The van der Waals surface area contributed by atoms with E-state index < -0.39 is 12.2 Å². The highest BCUT2D eigenvalue weighted by Gasteiger charge is 2.45. The van der Waals surface area contributed by atoms with Gasteiger partial charge in [0.2, 0.25) is 0 Å². The zero-order valence-electron chi connectivity index (χ0n) is 9.85. The van der Waals surface area contributed by atoms with Gasteiger partial charge in [-0.2, -0.15) is 13.2 Å². The van der Waals surface area contributed by atoms with Crippen molar-refractivity contribution < 1.29 is 13.2 Å². The summed E-state index contributed by atoms with van der Waals surface area (Å²) in [6.07, 6.45) is -4.23. The van der Waals surface area contributed by atoms with Crippen molar-refractivity contribution in [3.05, 3.63) is 20.3 Å². The van der Waals surface area contributed by atoms with Crippen molar-refractivity contribution in [2.45, 2.75) is 19.1 Å². The minimum absolute atomic E-state index is 0.369. The molecule has 0 unspecified atom stereocenters. The maximum Gasteiger partial charge on any atom is 0.408 e. The van der Waals surface area contributed by atoms with Crippen molar-refractivity contribution in [2.24, 2.45) is 0 Å². The van der Waals surface area contributed by atoms with Crippen molar-refractivity contribution in [2.75, 3.05) is 26.2 Å². The minimum atomic E-state index is -4.23. The number of nitrogens with one attached hydrogen (secondary N) is 1. The van der Waals surface area contributed by atoms with Gasteiger partial charge in [0.05, 0.1) is 3.79 Å². The molecule has 1 atom stereocenters. The average molecular weight is 343 g/mol. The molecule has 102 valence electrons. The molecule has 2 nitrogen and oxygen atoms in total. The summed E-state index contributed by atoms with van der Waals surface area (Å²) < 4.78 is 40.6. The van der Waals surface area contributed by atoms with E-state index in [1.165, 1.54) is 16.2 Å². The summed E-state index contributed by atoms with van der Waals surface area (Å²) in [6.45, 7) is 3.89. The van der Waals surface area contributed by atoms with Crippen LogP contribution < -0.4 is 5.32 Å². The predicted octanol–water partition coefficient (Wildman–Crippen LogP) is 3.33. The lowest BCUT2D eigenvalue weighted by Gasteiger charge is -2.35. The Morgan fingerprint density at radius 2 is 2.00 bits per heavy atom. The van der Waals surface area contributed by atoms with E-state index in [1.807, 2.05) is 6.92 Å². The highest BCUT2D eigenvalue weighted by atomic mass is 79.9. The molecule has 1 aromatic heterocycles. The van der Waals surface area contributed by atoms with Crippen molar-refractivity contribution in [3.8, 4) is 0 Å². The second-order valence-corrected chi connectivity index (χ2v) is 6.74. The van der Waals surface area contributed by atoms with Crippen LogP contribution in [0.5, 0.6) is 0 Å². The largest absolute Gasteiger partial charge is 0.408 e. The molecule has 0 radical (unpaired) electrons. The van der Waals surface area contributed by atoms with Gasteiger partial charge in [-0.15, -0.1) is 11.3 Å². The molecule has 2 rings (SSSR count). The normalized spacial score (nSPS) is 20.1. The third-order valence-electron chi connectivity index (χ3n) is 2.97. The number of nitrogens with zero attached hydrogens (tertiary/aromatic N) is 1. The van der Waals surface area contributed by atoms with Crippen LogP contribution in [0.2, 0.25) is 0 Å². The van der Waals surface area contributed by atoms with E-state index in [4.69, 9.17) is 0 Å². The molecule has 1 N–H and O–H groups in total. The molecule has 1 aliphatic rings. The van der Waals surface area contributed by atoms with Gasteiger partial charge in [0, 0.05) is 31.1 Å². The van der Waals surface area contributed by atoms with Gasteiger partial charge < -0.3 is 5.32 Å². The van der Waals surface area contributed by atoms with Crippen LogP contribution in [0.4, 0.5) is 13.2 Å². The monoisotopic (exact) mass is 342 g/mol. The van der Waals surface area contributed by atoms with Crippen molar-refractivity contribution in [3.63, 3.8) is 0 Å². The zero-order valence-corrected chi connectivity index (χ0v) is 12.3. The van der Waals surface area contributed by atoms with E-state index in [1.54, 1.807) is 6.07 Å². The third kappa shape index (κ3) is 3.07. The molecule has 1 saturated heterocycles. The highest BCUT2D eigenvalue weighted by Crippen LogP contribution is 2.42. The summed E-state index contributed by atoms with van der Waals surface area (Å²) in [6, 6.07) is 0.157. The fraction of sp³-hybridized carbons (Fsp3) is 0.636. The fourth-order valence-electron chi connectivity index (χ4n) is 2.11. The Morgan fingerprint density at radius 3 is 2.44 bits per heavy atom. The first-order chi connectivity index (χ1) is 8.39. The molecule has 0 aromatic carbocycles. The van der Waals surface area contributed by atoms with Crippen LogP contribution in [0, 0.1) is 6.92 Å². The number of rotatable bonds is 2. The molecule has 0 aliphatic carbocycles. The first kappa shape index (κ1) is 14.3. The van der Waals surface area contributed by atoms with Gasteiger partial charge in [-0.05, 0) is 34.5 Å². The standard InChI is InChI=1S/C11H14BrF3N2S/c1-7-6-8(18-10(7)12)9(11(13,14)15)17-4-2-16-3-5-17/h6,9,16H,2-5H2,1H3/t9-/m0/s1. The number of hydrogen-bond acceptors (Lipinski definition) is 3. The summed E-state index contributed by atoms with van der Waals surface area (Å²) in [5.41, 5.74) is 0.861. The maximum atomic E-state index is 13.3. The van der Waals surface area contributed by atoms with Crippen LogP contribution in [-0.2, 0) is 0 Å². The molecule has 18 heavy (non-hydrogen) atoms. The minimum Gasteiger partial charge on any atom is -0.314 e. The first-order valence-electron chi connectivity index (χ1n) is 5.67. The van der Waals surface area contributed by atoms with Crippen molar-refractivity contribution >= 4 is 27.3 Å². The van der Waals surface area contributed by atoms with Gasteiger partial charge in [-0.25, -0.2) is 0 Å². The SMILES string of the molecule is Cc1cc([C@H](N2CCNCC2)C(F)(F)F)sc1Br. The van der Waals surface area contributed by atoms with Gasteiger partial charge in [-0.3, -0.25) is 4.90 Å². The quantitative estimate of drug-likeness (QED) is 0.886. The number of alkyl halides is 3. The van der Waals surface area contributed by atoms with Crippen LogP contribution in [0.1, 0.15) is 16.5 Å². The Labute approximate surface area is 116 Å². The average Bonchev–Trinajstić information content (AvgIpc) is 2.58. The molecular weight excluding hydrogens is 329 g/mol. The Hall–Kier alpha value is -0.110. The van der Waals surface area contributed by atoms with E-state index in [0.29, 0.717) is 31.1 Å². The van der Waals surface area contributed by atoms with Gasteiger partial charge in [0.15, 0.2) is 0 Å². The molecule has 0 saturated carbocycles. The van der Waals surface area contributed by atoms with Gasteiger partial charge in [0.25, 0.3) is 0 Å². The summed E-state index contributed by atoms with van der Waals surface area (Å²) in [5.74, 6) is 0. The van der Waals surface area contributed by atoms with Crippen LogP contribution in [0.15, 0.2) is 9.85 Å². The molecular formula is C11H14BrF3N2S. The molecule has 0 amide bonds. The molecule has 1 aliphatic heterocycles. The van der Waals surface area contributed by atoms with E-state index >= 15 is 0 Å². The topological polar surface area (TPSA) is 15.3 Å². The molecule has 7 heteroatoms. The summed E-state index contributed by atoms with van der Waals surface area (Å²) in [7, 11) is 0. The molecule has 0 bridgehead atoms. The van der Waals surface area contributed by atoms with E-state index in [2.05, 4.69) is 21.2 Å². The first-order valence-corrected chi connectivity index (χ1v) is 7.28. The van der Waals surface area contributed by atoms with Crippen LogP contribution >= 0.6 is 27.3 Å². The Morgan fingerprint density at radius 1 is 1.39 bits per heavy atom. The molecule has 2 heterocycles. The Kier molecular flexibility index (Phi) is 4.36. The number of thiophene rings is 1. The van der Waals surface area contributed by atoms with E-state index in [-0.39, 0.29) is 0 Å². The molecule has 1 fully saturated rings. The fourth-order valence-corrected chi connectivity index (χ4v) is 3.84. The van der Waals surface area contributed by atoms with Crippen LogP contribution in [0.25, 0.3) is 0 Å². The predicted molar refractivity (Wildman–Crippen MR) is 70.0 cm³/mol. The van der Waals surface area contributed by atoms with Crippen molar-refractivity contribution in [1.29, 1.82) is 0 Å². The maximum absolute atomic E-state index is 13.3. The van der Waals surface area contributed by atoms with Crippen LogP contribution in [-0.4, -0.2) is 37.3 Å². The lowest BCUT2D eigenvalue weighted by atomic mass is 10.1. The second kappa shape index (κ2) is 5.48. The smallest absolute Gasteiger partial charge is 0.314 e. The molecule has 1 aromatic rings. The van der Waals surface area contributed by atoms with Gasteiger partial charge in [-0.1, -0.05) is 0 Å². The third-order valence-corrected chi connectivity index (χ3v) is 5.16. The summed E-state index contributed by atoms with van der Waals surface area (Å²) in [4.78, 5) is 1.88. The highest BCUT2D eigenvalue weighted by molar-refractivity contribution is 9.11. The van der Waals surface area contributed by atoms with E-state index in [9.17, 15) is 13.2 Å². The zero-order chi connectivity index (χ0) is 13.3. The van der Waals surface area contributed by atoms with Gasteiger partial charge in [0.1, 0.15) is 6.04 Å². The molecule has 0 spiro atoms. The lowest BCUT2D eigenvalue weighted by molar-refractivity contribution is -0.186. The van der Waals surface area contributed by atoms with Crippen LogP contribution in [0.3, 0.4) is 0 Å². The van der Waals surface area contributed by atoms with Gasteiger partial charge >= 0.3 is 6.18 Å². The Balaban J connectivity index is 2.30. The number of hydrogen-bond donors (Lipinski definition) is 1. The second-order valence-electron chi connectivity index (χ2n) is 4.34. The van der Waals surface area contributed by atoms with E-state index in [0.717, 1.165) is 9.35 Å². The lowest BCUT2D eigenvalue weighted by Crippen LogP contribution is -2.48. The number of piperazine rings is 1. The summed E-state index contributed by atoms with van der Waals surface area (Å²) in [5, 5.41) is 3.07. The Bertz CT molecular complexity index is 393. The number of halogens is 4. The number of aryl methyl sites for hydroxylation is 1. The summed E-state index contributed by atoms with van der Waals surface area (Å²) >= 11 is 4.47.